The molecule has 1 saturated carbocycles. The maximum absolute atomic E-state index is 5.80. The van der Waals surface area contributed by atoms with E-state index in [2.05, 4.69) is 55.3 Å². The zero-order chi connectivity index (χ0) is 14.9. The van der Waals surface area contributed by atoms with Crippen LogP contribution in [0.25, 0.3) is 0 Å². The first-order valence-electron chi connectivity index (χ1n) is 7.68. The van der Waals surface area contributed by atoms with Crippen LogP contribution in [0.3, 0.4) is 0 Å². The van der Waals surface area contributed by atoms with Gasteiger partial charge in [-0.25, -0.2) is 0 Å². The summed E-state index contributed by atoms with van der Waals surface area (Å²) in [5.74, 6) is 0. The largest absolute Gasteiger partial charge is 0.399 e. The fourth-order valence-corrected chi connectivity index (χ4v) is 3.22. The summed E-state index contributed by atoms with van der Waals surface area (Å²) in [6.07, 6.45) is 2.57. The summed E-state index contributed by atoms with van der Waals surface area (Å²) in [5, 5.41) is 0. The maximum Gasteiger partial charge on any atom is 0.0314 e. The zero-order valence-electron chi connectivity index (χ0n) is 13.0. The Kier molecular flexibility index (Phi) is 3.73. The molecule has 2 nitrogen and oxygen atoms in total. The van der Waals surface area contributed by atoms with E-state index in [4.69, 9.17) is 5.73 Å². The number of aryl methyl sites for hydroxylation is 1. The molecule has 0 spiro atoms. The van der Waals surface area contributed by atoms with Gasteiger partial charge in [-0.2, -0.15) is 0 Å². The molecule has 1 aliphatic rings. The Bertz CT molecular complexity index is 612. The van der Waals surface area contributed by atoms with Gasteiger partial charge in [0.1, 0.15) is 0 Å². The molecule has 0 atom stereocenters. The van der Waals surface area contributed by atoms with Gasteiger partial charge in [0.15, 0.2) is 0 Å². The summed E-state index contributed by atoms with van der Waals surface area (Å²) in [5.41, 5.74) is 11.2. The topological polar surface area (TPSA) is 29.3 Å². The molecule has 0 bridgehead atoms. The highest BCUT2D eigenvalue weighted by molar-refractivity contribution is 5.43. The summed E-state index contributed by atoms with van der Waals surface area (Å²) in [7, 11) is 2.22. The number of nitrogens with zero attached hydrogens (tertiary/aromatic N) is 1. The third-order valence-corrected chi connectivity index (χ3v) is 4.48. The standard InChI is InChI=1S/C19H24N2/c1-15-4-3-5-16(12-15)13-21(2)14-19(10-11-19)17-6-8-18(20)9-7-17/h3-9,12H,10-11,13-14,20H2,1-2H3. The Morgan fingerprint density at radius 1 is 1.10 bits per heavy atom. The molecule has 0 aliphatic heterocycles. The van der Waals surface area contributed by atoms with E-state index in [0.29, 0.717) is 5.41 Å². The minimum atomic E-state index is 0.353. The molecular formula is C19H24N2. The number of hydrogen-bond donors (Lipinski definition) is 1. The molecule has 0 heterocycles. The molecule has 3 rings (SSSR count). The van der Waals surface area contributed by atoms with Gasteiger partial charge in [0.05, 0.1) is 0 Å². The second-order valence-electron chi connectivity index (χ2n) is 6.56. The Morgan fingerprint density at radius 3 is 2.43 bits per heavy atom. The van der Waals surface area contributed by atoms with E-state index >= 15 is 0 Å². The number of likely N-dealkylation sites (N-methyl/N-ethyl adjacent to an activating group) is 1. The fraction of sp³-hybridized carbons (Fsp3) is 0.368. The van der Waals surface area contributed by atoms with Crippen LogP contribution in [-0.2, 0) is 12.0 Å². The summed E-state index contributed by atoms with van der Waals surface area (Å²) in [6.45, 7) is 4.28. The summed E-state index contributed by atoms with van der Waals surface area (Å²) >= 11 is 0. The highest BCUT2D eigenvalue weighted by atomic mass is 15.1. The van der Waals surface area contributed by atoms with E-state index in [1.54, 1.807) is 0 Å². The minimum absolute atomic E-state index is 0.353. The molecule has 1 aliphatic carbocycles. The van der Waals surface area contributed by atoms with Crippen molar-refractivity contribution in [3.8, 4) is 0 Å². The van der Waals surface area contributed by atoms with Crippen molar-refractivity contribution in [1.82, 2.24) is 4.90 Å². The lowest BCUT2D eigenvalue weighted by Crippen LogP contribution is -2.29. The van der Waals surface area contributed by atoms with E-state index in [-0.39, 0.29) is 0 Å². The summed E-state index contributed by atoms with van der Waals surface area (Å²) in [6, 6.07) is 17.2. The van der Waals surface area contributed by atoms with E-state index < -0.39 is 0 Å². The van der Waals surface area contributed by atoms with Gasteiger partial charge in [0.2, 0.25) is 0 Å². The second kappa shape index (κ2) is 5.53. The van der Waals surface area contributed by atoms with Gasteiger partial charge in [0.25, 0.3) is 0 Å². The third kappa shape index (κ3) is 3.27. The molecule has 0 aromatic heterocycles. The molecule has 1 fully saturated rings. The fourth-order valence-electron chi connectivity index (χ4n) is 3.22. The van der Waals surface area contributed by atoms with Crippen LogP contribution in [0.5, 0.6) is 0 Å². The number of hydrogen-bond acceptors (Lipinski definition) is 2. The Balaban J connectivity index is 1.67. The van der Waals surface area contributed by atoms with E-state index in [0.717, 1.165) is 18.8 Å². The van der Waals surface area contributed by atoms with E-state index in [1.165, 1.54) is 29.5 Å². The normalized spacial score (nSPS) is 16.1. The molecule has 0 unspecified atom stereocenters. The van der Waals surface area contributed by atoms with Crippen LogP contribution in [0.1, 0.15) is 29.5 Å². The van der Waals surface area contributed by atoms with Crippen LogP contribution in [-0.4, -0.2) is 18.5 Å². The van der Waals surface area contributed by atoms with Crippen LogP contribution in [0.4, 0.5) is 5.69 Å². The molecule has 2 N–H and O–H groups in total. The van der Waals surface area contributed by atoms with Gasteiger partial charge in [-0.15, -0.1) is 0 Å². The summed E-state index contributed by atoms with van der Waals surface area (Å²) < 4.78 is 0. The Hall–Kier alpha value is -1.80. The number of anilines is 1. The van der Waals surface area contributed by atoms with Crippen LogP contribution in [0, 0.1) is 6.92 Å². The Morgan fingerprint density at radius 2 is 1.81 bits per heavy atom. The molecule has 0 saturated heterocycles. The lowest BCUT2D eigenvalue weighted by Gasteiger charge is -2.24. The van der Waals surface area contributed by atoms with Crippen molar-refractivity contribution in [2.75, 3.05) is 19.3 Å². The monoisotopic (exact) mass is 280 g/mol. The molecule has 0 radical (unpaired) electrons. The lowest BCUT2D eigenvalue weighted by molar-refractivity contribution is 0.294. The van der Waals surface area contributed by atoms with Crippen LogP contribution >= 0.6 is 0 Å². The van der Waals surface area contributed by atoms with Gasteiger partial charge in [-0.1, -0.05) is 42.0 Å². The first kappa shape index (κ1) is 14.2. The minimum Gasteiger partial charge on any atom is -0.399 e. The molecule has 21 heavy (non-hydrogen) atoms. The van der Waals surface area contributed by atoms with Crippen LogP contribution in [0.2, 0.25) is 0 Å². The quantitative estimate of drug-likeness (QED) is 0.845. The number of benzene rings is 2. The molecule has 0 amide bonds. The first-order chi connectivity index (χ1) is 10.1. The smallest absolute Gasteiger partial charge is 0.0314 e. The van der Waals surface area contributed by atoms with E-state index in [9.17, 15) is 0 Å². The molecule has 2 heteroatoms. The van der Waals surface area contributed by atoms with Gasteiger partial charge in [-0.3, -0.25) is 0 Å². The van der Waals surface area contributed by atoms with Gasteiger partial charge in [0, 0.05) is 24.2 Å². The highest BCUT2D eigenvalue weighted by Gasteiger charge is 2.44. The van der Waals surface area contributed by atoms with Crippen molar-refractivity contribution in [2.24, 2.45) is 0 Å². The van der Waals surface area contributed by atoms with Crippen molar-refractivity contribution in [2.45, 2.75) is 31.7 Å². The van der Waals surface area contributed by atoms with Crippen molar-refractivity contribution < 1.29 is 0 Å². The number of rotatable bonds is 5. The van der Waals surface area contributed by atoms with E-state index in [1.807, 2.05) is 12.1 Å². The lowest BCUT2D eigenvalue weighted by atomic mass is 9.95. The number of nitrogen functional groups attached to an aromatic ring is 1. The maximum atomic E-state index is 5.80. The van der Waals surface area contributed by atoms with Crippen molar-refractivity contribution in [3.63, 3.8) is 0 Å². The molecule has 110 valence electrons. The van der Waals surface area contributed by atoms with Gasteiger partial charge >= 0.3 is 0 Å². The molecule has 2 aromatic carbocycles. The Labute approximate surface area is 127 Å². The van der Waals surface area contributed by atoms with Crippen molar-refractivity contribution in [3.05, 3.63) is 65.2 Å². The average molecular weight is 280 g/mol. The van der Waals surface area contributed by atoms with Crippen LogP contribution in [0.15, 0.2) is 48.5 Å². The number of nitrogens with two attached hydrogens (primary N) is 1. The molecule has 2 aromatic rings. The highest BCUT2D eigenvalue weighted by Crippen LogP contribution is 2.48. The summed E-state index contributed by atoms with van der Waals surface area (Å²) in [4.78, 5) is 2.44. The third-order valence-electron chi connectivity index (χ3n) is 4.48. The van der Waals surface area contributed by atoms with Crippen molar-refractivity contribution in [1.29, 1.82) is 0 Å². The van der Waals surface area contributed by atoms with Crippen LogP contribution < -0.4 is 5.73 Å². The predicted molar refractivity (Wildman–Crippen MR) is 89.3 cm³/mol. The second-order valence-corrected chi connectivity index (χ2v) is 6.56. The first-order valence-corrected chi connectivity index (χ1v) is 7.68. The molecular weight excluding hydrogens is 256 g/mol. The zero-order valence-corrected chi connectivity index (χ0v) is 13.0. The van der Waals surface area contributed by atoms with Crippen molar-refractivity contribution >= 4 is 5.69 Å². The SMILES string of the molecule is Cc1cccc(CN(C)CC2(c3ccc(N)cc3)CC2)c1. The van der Waals surface area contributed by atoms with Gasteiger partial charge in [-0.05, 0) is 50.1 Å². The average Bonchev–Trinajstić information content (AvgIpc) is 3.20. The van der Waals surface area contributed by atoms with Gasteiger partial charge < -0.3 is 10.6 Å². The predicted octanol–water partition coefficient (Wildman–Crippen LogP) is 3.74.